The summed E-state index contributed by atoms with van der Waals surface area (Å²) in [6, 6.07) is 13.1. The molecule has 1 aliphatic heterocycles. The van der Waals surface area contributed by atoms with Gasteiger partial charge in [-0.3, -0.25) is 9.59 Å². The maximum absolute atomic E-state index is 13.8. The molecule has 1 aliphatic rings. The maximum Gasteiger partial charge on any atom is 0.290 e. The Kier molecular flexibility index (Phi) is 6.70. The maximum atomic E-state index is 13.8. The number of aliphatic hydroxyl groups excluding tert-OH is 1. The summed E-state index contributed by atoms with van der Waals surface area (Å²) in [5.74, 6) is -0.786. The van der Waals surface area contributed by atoms with E-state index in [-0.39, 0.29) is 17.9 Å². The molecular weight excluding hydrogens is 562 g/mol. The fraction of sp³-hybridized carbons (Fsp3) is 0.185. The number of ketones is 1. The van der Waals surface area contributed by atoms with Crippen molar-refractivity contribution >= 4 is 49.9 Å². The van der Waals surface area contributed by atoms with E-state index in [2.05, 4.69) is 15.9 Å². The van der Waals surface area contributed by atoms with Gasteiger partial charge in [-0.25, -0.2) is 0 Å². The largest absolute Gasteiger partial charge is 0.503 e. The molecule has 190 valence electrons. The number of nitrogens with zero attached hydrogens (tertiary/aromatic N) is 1. The number of carbonyl (C=O) groups excluding carboxylic acids is 2. The number of fused-ring (bicyclic) bond motifs is 1. The van der Waals surface area contributed by atoms with Crippen molar-refractivity contribution in [3.8, 4) is 17.2 Å². The van der Waals surface area contributed by atoms with Gasteiger partial charge in [0.25, 0.3) is 5.91 Å². The van der Waals surface area contributed by atoms with Crippen molar-refractivity contribution < 1.29 is 33.3 Å². The van der Waals surface area contributed by atoms with Gasteiger partial charge in [0.05, 0.1) is 39.5 Å². The van der Waals surface area contributed by atoms with E-state index in [0.29, 0.717) is 33.8 Å². The molecule has 2 aromatic carbocycles. The molecule has 37 heavy (non-hydrogen) atoms. The predicted molar refractivity (Wildman–Crippen MR) is 142 cm³/mol. The predicted octanol–water partition coefficient (Wildman–Crippen LogP) is 6.06. The molecule has 0 saturated carbocycles. The number of furan rings is 1. The number of halogens is 1. The first kappa shape index (κ1) is 24.9. The van der Waals surface area contributed by atoms with E-state index in [1.807, 2.05) is 23.6 Å². The fourth-order valence-electron chi connectivity index (χ4n) is 4.48. The summed E-state index contributed by atoms with van der Waals surface area (Å²) < 4.78 is 23.1. The Morgan fingerprint density at radius 3 is 2.43 bits per heavy atom. The third-order valence-electron chi connectivity index (χ3n) is 6.16. The molecule has 10 heteroatoms. The van der Waals surface area contributed by atoms with E-state index in [4.69, 9.17) is 18.6 Å². The topological polar surface area (TPSA) is 98.4 Å². The Morgan fingerprint density at radius 1 is 1.08 bits per heavy atom. The number of methoxy groups -OCH3 is 3. The molecule has 8 nitrogen and oxygen atoms in total. The highest BCUT2D eigenvalue weighted by Gasteiger charge is 2.45. The van der Waals surface area contributed by atoms with Gasteiger partial charge in [0.2, 0.25) is 11.5 Å². The van der Waals surface area contributed by atoms with Crippen LogP contribution in [0.2, 0.25) is 0 Å². The molecule has 0 bridgehead atoms. The summed E-state index contributed by atoms with van der Waals surface area (Å²) in [6.45, 7) is 0.186. The van der Waals surface area contributed by atoms with Crippen molar-refractivity contribution in [2.45, 2.75) is 12.6 Å². The number of rotatable bonds is 8. The molecule has 5 rings (SSSR count). The monoisotopic (exact) mass is 583 g/mol. The van der Waals surface area contributed by atoms with Crippen LogP contribution >= 0.6 is 27.3 Å². The van der Waals surface area contributed by atoms with Crippen LogP contribution in [0.15, 0.2) is 74.1 Å². The average molecular weight is 584 g/mol. The zero-order valence-corrected chi connectivity index (χ0v) is 22.5. The number of aliphatic hydroxyl groups is 1. The molecule has 1 atom stereocenters. The van der Waals surface area contributed by atoms with Gasteiger partial charge in [-0.05, 0) is 53.4 Å². The number of hydrogen-bond acceptors (Lipinski definition) is 8. The molecule has 1 amide bonds. The molecule has 1 unspecified atom stereocenters. The summed E-state index contributed by atoms with van der Waals surface area (Å²) in [4.78, 5) is 29.5. The number of Topliss-reactive ketones (excluding diaryl/α,β-unsaturated/α-hetero) is 1. The highest BCUT2D eigenvalue weighted by molar-refractivity contribution is 9.10. The lowest BCUT2D eigenvalue weighted by atomic mass is 9.94. The number of amides is 1. The van der Waals surface area contributed by atoms with Crippen molar-refractivity contribution in [1.29, 1.82) is 0 Å². The molecule has 0 fully saturated rings. The molecule has 0 radical (unpaired) electrons. The van der Waals surface area contributed by atoms with Crippen LogP contribution in [0.5, 0.6) is 17.2 Å². The van der Waals surface area contributed by atoms with Crippen LogP contribution < -0.4 is 14.2 Å². The third-order valence-corrected chi connectivity index (χ3v) is 7.51. The van der Waals surface area contributed by atoms with Gasteiger partial charge in [0.1, 0.15) is 5.58 Å². The van der Waals surface area contributed by atoms with Crippen molar-refractivity contribution in [3.63, 3.8) is 0 Å². The Labute approximate surface area is 224 Å². The van der Waals surface area contributed by atoms with Gasteiger partial charge in [-0.2, -0.15) is 0 Å². The Hall–Kier alpha value is -3.76. The van der Waals surface area contributed by atoms with Gasteiger partial charge < -0.3 is 28.6 Å². The highest BCUT2D eigenvalue weighted by Crippen LogP contribution is 2.46. The zero-order valence-electron chi connectivity index (χ0n) is 20.1. The molecule has 0 aliphatic carbocycles. The normalized spacial score (nSPS) is 15.5. The molecule has 4 aromatic rings. The lowest BCUT2D eigenvalue weighted by Crippen LogP contribution is -2.30. The van der Waals surface area contributed by atoms with E-state index in [9.17, 15) is 14.7 Å². The van der Waals surface area contributed by atoms with E-state index in [1.165, 1.54) is 37.6 Å². The number of benzene rings is 2. The van der Waals surface area contributed by atoms with Crippen LogP contribution in [0.25, 0.3) is 11.0 Å². The van der Waals surface area contributed by atoms with Crippen molar-refractivity contribution in [2.75, 3.05) is 21.3 Å². The number of carbonyl (C=O) groups is 2. The van der Waals surface area contributed by atoms with E-state index in [0.717, 1.165) is 9.35 Å². The number of hydrogen-bond donors (Lipinski definition) is 1. The Bertz CT molecular complexity index is 1510. The van der Waals surface area contributed by atoms with Gasteiger partial charge in [0.15, 0.2) is 23.0 Å². The first-order valence-corrected chi connectivity index (χ1v) is 12.8. The van der Waals surface area contributed by atoms with E-state index >= 15 is 0 Å². The van der Waals surface area contributed by atoms with Gasteiger partial charge in [-0.15, -0.1) is 11.3 Å². The molecule has 0 spiro atoms. The van der Waals surface area contributed by atoms with Crippen molar-refractivity contribution in [2.24, 2.45) is 0 Å². The minimum Gasteiger partial charge on any atom is -0.503 e. The lowest BCUT2D eigenvalue weighted by molar-refractivity contribution is -0.130. The SMILES string of the molecule is COc1cc(C2C(C(=O)c3cc4cc(Br)ccc4o3)=C(O)C(=O)N2Cc2cccs2)cc(OC)c1OC. The summed E-state index contributed by atoms with van der Waals surface area (Å²) in [6.07, 6.45) is 0. The molecular formula is C27H22BrNO7S. The van der Waals surface area contributed by atoms with E-state index < -0.39 is 23.5 Å². The first-order chi connectivity index (χ1) is 17.9. The Morgan fingerprint density at radius 2 is 1.81 bits per heavy atom. The molecule has 0 saturated heterocycles. The van der Waals surface area contributed by atoms with Crippen molar-refractivity contribution in [3.05, 3.63) is 85.9 Å². The fourth-order valence-corrected chi connectivity index (χ4v) is 5.57. The van der Waals surface area contributed by atoms with Crippen LogP contribution in [0.1, 0.15) is 27.0 Å². The zero-order chi connectivity index (χ0) is 26.3. The van der Waals surface area contributed by atoms with Crippen LogP contribution in [-0.4, -0.2) is 43.0 Å². The quantitative estimate of drug-likeness (QED) is 0.252. The molecule has 2 aromatic heterocycles. The summed E-state index contributed by atoms with van der Waals surface area (Å²) in [5.41, 5.74) is 0.926. The van der Waals surface area contributed by atoms with Gasteiger partial charge >= 0.3 is 0 Å². The van der Waals surface area contributed by atoms with Crippen LogP contribution in [0.4, 0.5) is 0 Å². The molecule has 1 N–H and O–H groups in total. The average Bonchev–Trinajstić information content (AvgIpc) is 3.62. The van der Waals surface area contributed by atoms with Crippen LogP contribution in [0, 0.1) is 0 Å². The second-order valence-electron chi connectivity index (χ2n) is 8.26. The van der Waals surface area contributed by atoms with Crippen LogP contribution in [-0.2, 0) is 11.3 Å². The second-order valence-corrected chi connectivity index (χ2v) is 10.2. The number of ether oxygens (including phenoxy) is 3. The minimum absolute atomic E-state index is 0.0119. The summed E-state index contributed by atoms with van der Waals surface area (Å²) in [7, 11) is 4.45. The van der Waals surface area contributed by atoms with Crippen molar-refractivity contribution in [1.82, 2.24) is 4.90 Å². The lowest BCUT2D eigenvalue weighted by Gasteiger charge is -2.27. The minimum atomic E-state index is -0.934. The first-order valence-electron chi connectivity index (χ1n) is 11.2. The number of thiophene rings is 1. The second kappa shape index (κ2) is 9.95. The summed E-state index contributed by atoms with van der Waals surface area (Å²) in [5, 5.41) is 13.6. The van der Waals surface area contributed by atoms with Gasteiger partial charge in [-0.1, -0.05) is 22.0 Å². The summed E-state index contributed by atoms with van der Waals surface area (Å²) >= 11 is 4.89. The highest BCUT2D eigenvalue weighted by atomic mass is 79.9. The van der Waals surface area contributed by atoms with Gasteiger partial charge in [0, 0.05) is 14.7 Å². The standard InChI is InChI=1S/C27H22BrNO7S/c1-33-20-11-15(12-21(34-2)26(20)35-3)23-22(25(31)27(32)29(23)13-17-5-4-8-37-17)24(30)19-10-14-9-16(28)6-7-18(14)36-19/h4-12,23,31H,13H2,1-3H3. The third kappa shape index (κ3) is 4.36. The van der Waals surface area contributed by atoms with Crippen LogP contribution in [0.3, 0.4) is 0 Å². The smallest absolute Gasteiger partial charge is 0.290 e. The Balaban J connectivity index is 1.66. The molecule has 3 heterocycles. The van der Waals surface area contributed by atoms with E-state index in [1.54, 1.807) is 30.3 Å².